The first-order valence-corrected chi connectivity index (χ1v) is 11.5. The summed E-state index contributed by atoms with van der Waals surface area (Å²) < 4.78 is 57.2. The van der Waals surface area contributed by atoms with Gasteiger partial charge in [0.1, 0.15) is 18.7 Å². The van der Waals surface area contributed by atoms with E-state index in [1.807, 2.05) is 30.3 Å². The minimum atomic E-state index is -4.50. The van der Waals surface area contributed by atoms with Gasteiger partial charge in [-0.15, -0.1) is 0 Å². The lowest BCUT2D eigenvalue weighted by Gasteiger charge is -2.26. The van der Waals surface area contributed by atoms with Crippen LogP contribution in [0.1, 0.15) is 5.56 Å². The minimum Gasteiger partial charge on any atom is -0.492 e. The Morgan fingerprint density at radius 3 is 2.58 bits per heavy atom. The van der Waals surface area contributed by atoms with E-state index in [9.17, 15) is 13.2 Å². The van der Waals surface area contributed by atoms with Crippen molar-refractivity contribution in [1.82, 2.24) is 19.9 Å². The molecular weight excluding hydrogens is 473 g/mol. The molecule has 186 valence electrons. The SMILES string of the molecule is FC(F)(F)c1ccc(-c2cc(Oc3ccc4ccccc4n3)ncn2)c(OCCN2CCOCC2)c1. The molecule has 0 atom stereocenters. The van der Waals surface area contributed by atoms with Crippen molar-refractivity contribution >= 4 is 10.9 Å². The van der Waals surface area contributed by atoms with E-state index < -0.39 is 11.7 Å². The van der Waals surface area contributed by atoms with Gasteiger partial charge in [0.15, 0.2) is 0 Å². The van der Waals surface area contributed by atoms with Gasteiger partial charge in [0, 0.05) is 42.7 Å². The van der Waals surface area contributed by atoms with Crippen molar-refractivity contribution in [3.8, 4) is 28.8 Å². The second-order valence-corrected chi connectivity index (χ2v) is 8.20. The maximum Gasteiger partial charge on any atom is 0.416 e. The number of ether oxygens (including phenoxy) is 3. The number of rotatable bonds is 7. The monoisotopic (exact) mass is 496 g/mol. The van der Waals surface area contributed by atoms with Crippen LogP contribution in [0.2, 0.25) is 0 Å². The van der Waals surface area contributed by atoms with E-state index >= 15 is 0 Å². The van der Waals surface area contributed by atoms with E-state index in [0.29, 0.717) is 36.9 Å². The Morgan fingerprint density at radius 2 is 1.75 bits per heavy atom. The van der Waals surface area contributed by atoms with Crippen LogP contribution >= 0.6 is 0 Å². The third-order valence-electron chi connectivity index (χ3n) is 5.78. The number of nitrogens with zero attached hydrogens (tertiary/aromatic N) is 4. The molecule has 2 aromatic heterocycles. The molecule has 0 N–H and O–H groups in total. The molecule has 3 heterocycles. The molecular formula is C26H23F3N4O3. The molecule has 0 bridgehead atoms. The molecule has 0 spiro atoms. The van der Waals surface area contributed by atoms with Crippen molar-refractivity contribution in [2.45, 2.75) is 6.18 Å². The fraction of sp³-hybridized carbons (Fsp3) is 0.269. The first-order valence-electron chi connectivity index (χ1n) is 11.5. The highest BCUT2D eigenvalue weighted by Gasteiger charge is 2.31. The number of benzene rings is 2. The number of pyridine rings is 1. The Morgan fingerprint density at radius 1 is 0.917 bits per heavy atom. The van der Waals surface area contributed by atoms with E-state index in [4.69, 9.17) is 14.2 Å². The molecule has 0 aliphatic carbocycles. The average Bonchev–Trinajstić information content (AvgIpc) is 2.89. The number of hydrogen-bond donors (Lipinski definition) is 0. The van der Waals surface area contributed by atoms with Crippen molar-refractivity contribution < 1.29 is 27.4 Å². The van der Waals surface area contributed by atoms with E-state index in [2.05, 4.69) is 19.9 Å². The summed E-state index contributed by atoms with van der Waals surface area (Å²) in [5, 5.41) is 0.969. The molecule has 36 heavy (non-hydrogen) atoms. The standard InChI is InChI=1S/C26H23F3N4O3/c27-26(28,29)19-6-7-20(23(15-19)35-14-11-33-9-12-34-13-10-33)22-16-25(31-17-30-22)36-24-8-5-18-3-1-2-4-21(18)32-24/h1-8,15-17H,9-14H2. The molecule has 1 aliphatic rings. The van der Waals surface area contributed by atoms with Crippen molar-refractivity contribution in [3.05, 3.63) is 72.6 Å². The lowest BCUT2D eigenvalue weighted by Crippen LogP contribution is -2.38. The number of aromatic nitrogens is 3. The molecule has 5 rings (SSSR count). The van der Waals surface area contributed by atoms with Gasteiger partial charge in [0.2, 0.25) is 11.8 Å². The first-order chi connectivity index (χ1) is 17.5. The molecule has 0 amide bonds. The first kappa shape index (κ1) is 24.0. The lowest BCUT2D eigenvalue weighted by atomic mass is 10.1. The van der Waals surface area contributed by atoms with Gasteiger partial charge < -0.3 is 14.2 Å². The highest BCUT2D eigenvalue weighted by atomic mass is 19.4. The molecule has 1 saturated heterocycles. The normalized spacial score (nSPS) is 14.6. The Labute approximate surface area is 205 Å². The van der Waals surface area contributed by atoms with Gasteiger partial charge in [-0.3, -0.25) is 4.90 Å². The van der Waals surface area contributed by atoms with Crippen LogP contribution in [-0.4, -0.2) is 59.3 Å². The molecule has 1 fully saturated rings. The number of alkyl halides is 3. The van der Waals surface area contributed by atoms with Crippen LogP contribution in [0.3, 0.4) is 0 Å². The summed E-state index contributed by atoms with van der Waals surface area (Å²) >= 11 is 0. The second-order valence-electron chi connectivity index (χ2n) is 8.20. The Hall–Kier alpha value is -3.76. The van der Waals surface area contributed by atoms with Crippen LogP contribution in [0.25, 0.3) is 22.2 Å². The number of halogens is 3. The smallest absolute Gasteiger partial charge is 0.416 e. The lowest BCUT2D eigenvalue weighted by molar-refractivity contribution is -0.137. The zero-order chi connectivity index (χ0) is 25.0. The van der Waals surface area contributed by atoms with E-state index in [-0.39, 0.29) is 18.2 Å². The maximum atomic E-state index is 13.4. The fourth-order valence-electron chi connectivity index (χ4n) is 3.89. The van der Waals surface area contributed by atoms with Gasteiger partial charge in [0.25, 0.3) is 0 Å². The van der Waals surface area contributed by atoms with Crippen LogP contribution in [0.4, 0.5) is 13.2 Å². The summed E-state index contributed by atoms with van der Waals surface area (Å²) in [5.74, 6) is 0.640. The predicted molar refractivity (Wildman–Crippen MR) is 127 cm³/mol. The van der Waals surface area contributed by atoms with E-state index in [0.717, 1.165) is 36.1 Å². The molecule has 10 heteroatoms. The quantitative estimate of drug-likeness (QED) is 0.348. The minimum absolute atomic E-state index is 0.0894. The number of morpholine rings is 1. The zero-order valence-corrected chi connectivity index (χ0v) is 19.2. The van der Waals surface area contributed by atoms with Crippen molar-refractivity contribution in [2.75, 3.05) is 39.5 Å². The van der Waals surface area contributed by atoms with E-state index in [1.54, 1.807) is 12.1 Å². The average molecular weight is 496 g/mol. The summed E-state index contributed by atoms with van der Waals surface area (Å²) in [4.78, 5) is 15.0. The molecule has 0 saturated carbocycles. The molecule has 7 nitrogen and oxygen atoms in total. The van der Waals surface area contributed by atoms with E-state index in [1.165, 1.54) is 12.4 Å². The summed E-state index contributed by atoms with van der Waals surface area (Å²) in [6, 6.07) is 16.1. The van der Waals surface area contributed by atoms with Gasteiger partial charge >= 0.3 is 6.18 Å². The Balaban J connectivity index is 1.39. The Kier molecular flexibility index (Phi) is 6.97. The van der Waals surface area contributed by atoms with Crippen molar-refractivity contribution in [1.29, 1.82) is 0 Å². The number of hydrogen-bond acceptors (Lipinski definition) is 7. The third kappa shape index (κ3) is 5.72. The maximum absolute atomic E-state index is 13.4. The molecule has 1 aliphatic heterocycles. The summed E-state index contributed by atoms with van der Waals surface area (Å²) in [7, 11) is 0. The summed E-state index contributed by atoms with van der Waals surface area (Å²) in [6.07, 6.45) is -3.20. The van der Waals surface area contributed by atoms with Crippen molar-refractivity contribution in [2.24, 2.45) is 0 Å². The highest BCUT2D eigenvalue weighted by molar-refractivity contribution is 5.78. The van der Waals surface area contributed by atoms with Gasteiger partial charge in [-0.25, -0.2) is 15.0 Å². The number of fused-ring (bicyclic) bond motifs is 1. The van der Waals surface area contributed by atoms with Crippen LogP contribution < -0.4 is 9.47 Å². The zero-order valence-electron chi connectivity index (χ0n) is 19.2. The van der Waals surface area contributed by atoms with Crippen LogP contribution in [-0.2, 0) is 10.9 Å². The highest BCUT2D eigenvalue weighted by Crippen LogP contribution is 2.37. The predicted octanol–water partition coefficient (Wildman–Crippen LogP) is 5.21. The largest absolute Gasteiger partial charge is 0.492 e. The van der Waals surface area contributed by atoms with Gasteiger partial charge in [0.05, 0.1) is 30.0 Å². The topological polar surface area (TPSA) is 69.6 Å². The van der Waals surface area contributed by atoms with Gasteiger partial charge in [-0.2, -0.15) is 13.2 Å². The van der Waals surface area contributed by atoms with Gasteiger partial charge in [-0.05, 0) is 30.3 Å². The van der Waals surface area contributed by atoms with Crippen LogP contribution in [0.5, 0.6) is 17.5 Å². The molecule has 2 aromatic carbocycles. The van der Waals surface area contributed by atoms with Crippen LogP contribution in [0, 0.1) is 0 Å². The molecule has 0 radical (unpaired) electrons. The third-order valence-corrected chi connectivity index (χ3v) is 5.78. The summed E-state index contributed by atoms with van der Waals surface area (Å²) in [5.41, 5.74) is 0.751. The second kappa shape index (κ2) is 10.5. The van der Waals surface area contributed by atoms with Gasteiger partial charge in [-0.1, -0.05) is 18.2 Å². The fourth-order valence-corrected chi connectivity index (χ4v) is 3.89. The molecule has 4 aromatic rings. The summed E-state index contributed by atoms with van der Waals surface area (Å²) in [6.45, 7) is 3.58. The molecule has 0 unspecified atom stereocenters. The van der Waals surface area contributed by atoms with Crippen LogP contribution in [0.15, 0.2) is 67.0 Å². The Bertz CT molecular complexity index is 1340. The number of para-hydroxylation sites is 1. The van der Waals surface area contributed by atoms with Crippen molar-refractivity contribution in [3.63, 3.8) is 0 Å².